The van der Waals surface area contributed by atoms with Crippen LogP contribution in [0.3, 0.4) is 0 Å². The van der Waals surface area contributed by atoms with Crippen LogP contribution in [0.25, 0.3) is 5.78 Å². The van der Waals surface area contributed by atoms with Crippen LogP contribution in [0.1, 0.15) is 22.8 Å². The first-order valence-corrected chi connectivity index (χ1v) is 7.00. The first-order chi connectivity index (χ1) is 11.1. The predicted octanol–water partition coefficient (Wildman–Crippen LogP) is 1.04. The highest BCUT2D eigenvalue weighted by Gasteiger charge is 2.18. The summed E-state index contributed by atoms with van der Waals surface area (Å²) in [6, 6.07) is 9.47. The van der Waals surface area contributed by atoms with Gasteiger partial charge < -0.3 is 14.4 Å². The van der Waals surface area contributed by atoms with Gasteiger partial charge in [0.25, 0.3) is 5.56 Å². The molecule has 2 heterocycles. The quantitative estimate of drug-likeness (QED) is 0.755. The number of fused-ring (bicyclic) bond motifs is 1. The van der Waals surface area contributed by atoms with E-state index in [1.165, 1.54) is 6.20 Å². The van der Waals surface area contributed by atoms with Crippen molar-refractivity contribution in [2.24, 2.45) is 0 Å². The van der Waals surface area contributed by atoms with Gasteiger partial charge in [-0.2, -0.15) is 9.50 Å². The largest absolute Gasteiger partial charge is 0.477 e. The fraction of sp³-hybridized carbons (Fsp3) is 0.200. The molecule has 8 heteroatoms. The van der Waals surface area contributed by atoms with Gasteiger partial charge in [0.1, 0.15) is 5.56 Å². The molecule has 3 rings (SSSR count). The highest BCUT2D eigenvalue weighted by molar-refractivity contribution is 5.87. The third-order valence-electron chi connectivity index (χ3n) is 3.23. The first-order valence-electron chi connectivity index (χ1n) is 7.00. The van der Waals surface area contributed by atoms with E-state index >= 15 is 0 Å². The number of benzene rings is 1. The van der Waals surface area contributed by atoms with Crippen LogP contribution in [-0.4, -0.2) is 36.8 Å². The Morgan fingerprint density at radius 3 is 2.70 bits per heavy atom. The minimum absolute atomic E-state index is 0.0361. The molecule has 0 saturated heterocycles. The minimum Gasteiger partial charge on any atom is -0.477 e. The van der Waals surface area contributed by atoms with Crippen molar-refractivity contribution in [1.29, 1.82) is 0 Å². The van der Waals surface area contributed by atoms with Crippen molar-refractivity contribution in [3.63, 3.8) is 0 Å². The summed E-state index contributed by atoms with van der Waals surface area (Å²) in [5.41, 5.74) is -0.174. The Labute approximate surface area is 130 Å². The van der Waals surface area contributed by atoms with Crippen LogP contribution in [-0.2, 0) is 6.54 Å². The zero-order valence-corrected chi connectivity index (χ0v) is 12.3. The van der Waals surface area contributed by atoms with E-state index in [0.717, 1.165) is 10.1 Å². The van der Waals surface area contributed by atoms with Crippen molar-refractivity contribution >= 4 is 11.7 Å². The lowest BCUT2D eigenvalue weighted by molar-refractivity contribution is 0.0693. The number of hydrogen-bond donors (Lipinski definition) is 1. The van der Waals surface area contributed by atoms with Gasteiger partial charge in [-0.3, -0.25) is 4.79 Å². The number of carbonyl (C=O) groups is 1. The van der Waals surface area contributed by atoms with Gasteiger partial charge in [-0.15, -0.1) is 5.10 Å². The molecule has 0 unspecified atom stereocenters. The molecule has 0 spiro atoms. The summed E-state index contributed by atoms with van der Waals surface area (Å²) in [4.78, 5) is 27.7. The Morgan fingerprint density at radius 2 is 2.04 bits per heavy atom. The van der Waals surface area contributed by atoms with Crippen molar-refractivity contribution in [3.05, 3.63) is 58.0 Å². The number of carboxylic acids is 1. The molecule has 0 radical (unpaired) electrons. The molecule has 23 heavy (non-hydrogen) atoms. The topological polar surface area (TPSA) is 98.7 Å². The molecule has 0 aliphatic carbocycles. The van der Waals surface area contributed by atoms with E-state index in [4.69, 9.17) is 4.74 Å². The summed E-state index contributed by atoms with van der Waals surface area (Å²) >= 11 is 0. The van der Waals surface area contributed by atoms with Gasteiger partial charge in [-0.25, -0.2) is 4.79 Å². The molecule has 8 nitrogen and oxygen atoms in total. The molecule has 0 saturated carbocycles. The Kier molecular flexibility index (Phi) is 3.80. The summed E-state index contributed by atoms with van der Waals surface area (Å²) in [7, 11) is 0. The minimum atomic E-state index is -1.31. The molecular weight excluding hydrogens is 300 g/mol. The van der Waals surface area contributed by atoms with Crippen LogP contribution in [0.4, 0.5) is 0 Å². The fourth-order valence-electron chi connectivity index (χ4n) is 2.22. The standard InChI is InChI=1S/C15H14N4O4/c1-2-23-14-16-15-18(8-10-6-4-3-5-7-10)9-11(13(21)22)12(20)19(15)17-14/h3-7,9H,2,8H2,1H3,(H,21,22). The predicted molar refractivity (Wildman–Crippen MR) is 80.9 cm³/mol. The van der Waals surface area contributed by atoms with Crippen LogP contribution in [0.5, 0.6) is 6.01 Å². The van der Waals surface area contributed by atoms with Crippen LogP contribution < -0.4 is 10.3 Å². The van der Waals surface area contributed by atoms with Crippen molar-refractivity contribution < 1.29 is 14.6 Å². The molecule has 1 aromatic carbocycles. The summed E-state index contributed by atoms with van der Waals surface area (Å²) in [6.45, 7) is 2.47. The zero-order valence-electron chi connectivity index (χ0n) is 12.3. The number of nitrogens with zero attached hydrogens (tertiary/aromatic N) is 4. The van der Waals surface area contributed by atoms with Crippen molar-refractivity contribution in [3.8, 4) is 6.01 Å². The second-order valence-electron chi connectivity index (χ2n) is 4.81. The SMILES string of the molecule is CCOc1nc2n(Cc3ccccc3)cc(C(=O)O)c(=O)n2n1. The Hall–Kier alpha value is -3.16. The summed E-state index contributed by atoms with van der Waals surface area (Å²) in [6.07, 6.45) is 1.28. The van der Waals surface area contributed by atoms with E-state index in [1.54, 1.807) is 11.5 Å². The maximum Gasteiger partial charge on any atom is 0.342 e. The molecule has 1 N–H and O–H groups in total. The summed E-state index contributed by atoms with van der Waals surface area (Å²) in [5, 5.41) is 13.2. The third-order valence-corrected chi connectivity index (χ3v) is 3.23. The maximum absolute atomic E-state index is 12.2. The monoisotopic (exact) mass is 314 g/mol. The summed E-state index contributed by atoms with van der Waals surface area (Å²) < 4.78 is 7.73. The number of rotatable bonds is 5. The van der Waals surface area contributed by atoms with E-state index in [-0.39, 0.29) is 17.4 Å². The lowest BCUT2D eigenvalue weighted by Crippen LogP contribution is -2.26. The number of hydrogen-bond acceptors (Lipinski definition) is 5. The normalized spacial score (nSPS) is 10.8. The second-order valence-corrected chi connectivity index (χ2v) is 4.81. The van der Waals surface area contributed by atoms with Gasteiger partial charge in [0.2, 0.25) is 5.78 Å². The van der Waals surface area contributed by atoms with Gasteiger partial charge in [-0.05, 0) is 12.5 Å². The van der Waals surface area contributed by atoms with E-state index in [2.05, 4.69) is 10.1 Å². The van der Waals surface area contributed by atoms with Crippen LogP contribution >= 0.6 is 0 Å². The van der Waals surface area contributed by atoms with Gasteiger partial charge in [0.05, 0.1) is 13.2 Å². The Balaban J connectivity index is 2.20. The van der Waals surface area contributed by atoms with E-state index < -0.39 is 11.5 Å². The van der Waals surface area contributed by atoms with Crippen molar-refractivity contribution in [1.82, 2.24) is 19.2 Å². The number of ether oxygens (including phenoxy) is 1. The molecule has 118 valence electrons. The smallest absolute Gasteiger partial charge is 0.342 e. The number of aromatic carboxylic acids is 1. The third kappa shape index (κ3) is 2.78. The maximum atomic E-state index is 12.2. The van der Waals surface area contributed by atoms with Gasteiger partial charge >= 0.3 is 12.0 Å². The van der Waals surface area contributed by atoms with E-state index in [1.807, 2.05) is 30.3 Å². The average molecular weight is 314 g/mol. The Morgan fingerprint density at radius 1 is 1.30 bits per heavy atom. The van der Waals surface area contributed by atoms with Gasteiger partial charge in [0.15, 0.2) is 0 Å². The Bertz CT molecular complexity index is 914. The van der Waals surface area contributed by atoms with Crippen LogP contribution in [0, 0.1) is 0 Å². The lowest BCUT2D eigenvalue weighted by atomic mass is 10.2. The fourth-order valence-corrected chi connectivity index (χ4v) is 2.22. The molecule has 0 aliphatic heterocycles. The molecule has 0 atom stereocenters. The number of aromatic nitrogens is 4. The highest BCUT2D eigenvalue weighted by atomic mass is 16.5. The van der Waals surface area contributed by atoms with E-state index in [9.17, 15) is 14.7 Å². The second kappa shape index (κ2) is 5.91. The van der Waals surface area contributed by atoms with Gasteiger partial charge in [-0.1, -0.05) is 30.3 Å². The zero-order chi connectivity index (χ0) is 16.4. The van der Waals surface area contributed by atoms with Gasteiger partial charge in [0, 0.05) is 6.20 Å². The summed E-state index contributed by atoms with van der Waals surface area (Å²) in [5.74, 6) is -1.08. The molecule has 0 amide bonds. The van der Waals surface area contributed by atoms with E-state index in [0.29, 0.717) is 13.2 Å². The molecule has 2 aromatic heterocycles. The van der Waals surface area contributed by atoms with Crippen LogP contribution in [0.15, 0.2) is 41.3 Å². The molecule has 3 aromatic rings. The highest BCUT2D eigenvalue weighted by Crippen LogP contribution is 2.10. The molecular formula is C15H14N4O4. The van der Waals surface area contributed by atoms with Crippen molar-refractivity contribution in [2.45, 2.75) is 13.5 Å². The average Bonchev–Trinajstić information content (AvgIpc) is 2.96. The molecule has 0 fully saturated rings. The number of carboxylic acid groups (broad SMARTS) is 1. The lowest BCUT2D eigenvalue weighted by Gasteiger charge is -2.08. The van der Waals surface area contributed by atoms with Crippen LogP contribution in [0.2, 0.25) is 0 Å². The molecule has 0 bridgehead atoms. The first kappa shape index (κ1) is 14.8. The molecule has 0 aliphatic rings. The van der Waals surface area contributed by atoms with Crippen molar-refractivity contribution in [2.75, 3.05) is 6.61 Å².